The van der Waals surface area contributed by atoms with E-state index in [4.69, 9.17) is 4.74 Å². The van der Waals surface area contributed by atoms with E-state index in [1.54, 1.807) is 15.6 Å². The van der Waals surface area contributed by atoms with Crippen LogP contribution in [0.2, 0.25) is 0 Å². The molecule has 1 aliphatic rings. The Morgan fingerprint density at radius 1 is 1.40 bits per heavy atom. The maximum atomic E-state index is 12.1. The van der Waals surface area contributed by atoms with Gasteiger partial charge in [-0.05, 0) is 26.8 Å². The first kappa shape index (κ1) is 12.9. The van der Waals surface area contributed by atoms with Gasteiger partial charge in [-0.1, -0.05) is 0 Å². The summed E-state index contributed by atoms with van der Waals surface area (Å²) >= 11 is 0. The van der Waals surface area contributed by atoms with Crippen molar-refractivity contribution in [2.24, 2.45) is 0 Å². The van der Waals surface area contributed by atoms with Crippen LogP contribution in [-0.2, 0) is 17.7 Å². The molecular weight excluding hydrogens is 256 g/mol. The monoisotopic (exact) mass is 274 g/mol. The molecule has 106 valence electrons. The Hall–Kier alpha value is -2.11. The fraction of sp³-hybridized carbons (Fsp3) is 0.500. The molecule has 2 aromatic heterocycles. The van der Waals surface area contributed by atoms with Crippen molar-refractivity contribution >= 4 is 11.7 Å². The molecule has 6 heteroatoms. The minimum atomic E-state index is -0.475. The van der Waals surface area contributed by atoms with Gasteiger partial charge in [-0.25, -0.2) is 14.3 Å². The molecule has 0 radical (unpaired) electrons. The molecule has 0 atom stereocenters. The summed E-state index contributed by atoms with van der Waals surface area (Å²) in [5.74, 6) is 0. The molecule has 2 aromatic rings. The van der Waals surface area contributed by atoms with Crippen molar-refractivity contribution in [1.29, 1.82) is 0 Å². The Kier molecular flexibility index (Phi) is 2.88. The van der Waals surface area contributed by atoms with Gasteiger partial charge < -0.3 is 9.64 Å². The number of rotatable bonds is 0. The topological polar surface area (TPSA) is 59.7 Å². The molecule has 0 fully saturated rings. The fourth-order valence-electron chi connectivity index (χ4n) is 2.34. The standard InChI is InChI=1S/C14H18N4O2/c1-14(2,3)20-13(19)17-8-5-11-10(9-17)12-15-6-4-7-18(12)16-11/h4,6-7H,5,8-9H2,1-3H3. The molecule has 0 spiro atoms. The van der Waals surface area contributed by atoms with Crippen LogP contribution in [0.1, 0.15) is 32.0 Å². The average molecular weight is 274 g/mol. The van der Waals surface area contributed by atoms with Crippen LogP contribution in [0.4, 0.5) is 4.79 Å². The van der Waals surface area contributed by atoms with Crippen molar-refractivity contribution in [2.75, 3.05) is 6.54 Å². The molecule has 0 saturated heterocycles. The van der Waals surface area contributed by atoms with Crippen LogP contribution in [-0.4, -0.2) is 37.7 Å². The molecule has 0 unspecified atom stereocenters. The van der Waals surface area contributed by atoms with E-state index in [-0.39, 0.29) is 6.09 Å². The molecule has 0 bridgehead atoms. The highest BCUT2D eigenvalue weighted by Crippen LogP contribution is 2.23. The minimum Gasteiger partial charge on any atom is -0.444 e. The van der Waals surface area contributed by atoms with Crippen molar-refractivity contribution in [2.45, 2.75) is 39.3 Å². The zero-order valence-electron chi connectivity index (χ0n) is 12.0. The summed E-state index contributed by atoms with van der Waals surface area (Å²) in [6.07, 6.45) is 4.07. The average Bonchev–Trinajstić information content (AvgIpc) is 2.74. The molecule has 0 N–H and O–H groups in total. The highest BCUT2D eigenvalue weighted by Gasteiger charge is 2.28. The smallest absolute Gasteiger partial charge is 0.410 e. The van der Waals surface area contributed by atoms with Crippen LogP contribution >= 0.6 is 0 Å². The lowest BCUT2D eigenvalue weighted by Gasteiger charge is -2.29. The van der Waals surface area contributed by atoms with Gasteiger partial charge in [0, 0.05) is 30.9 Å². The van der Waals surface area contributed by atoms with Gasteiger partial charge in [0.05, 0.1) is 12.2 Å². The van der Waals surface area contributed by atoms with Gasteiger partial charge in [0.1, 0.15) is 5.60 Å². The van der Waals surface area contributed by atoms with Crippen molar-refractivity contribution < 1.29 is 9.53 Å². The Morgan fingerprint density at radius 2 is 2.20 bits per heavy atom. The lowest BCUT2D eigenvalue weighted by atomic mass is 10.1. The van der Waals surface area contributed by atoms with E-state index in [1.165, 1.54) is 0 Å². The lowest BCUT2D eigenvalue weighted by Crippen LogP contribution is -2.39. The predicted octanol–water partition coefficient (Wildman–Crippen LogP) is 2.02. The van der Waals surface area contributed by atoms with Gasteiger partial charge in [0.2, 0.25) is 0 Å². The number of carbonyl (C=O) groups is 1. The quantitative estimate of drug-likeness (QED) is 0.737. The highest BCUT2D eigenvalue weighted by molar-refractivity contribution is 5.69. The third-order valence-corrected chi connectivity index (χ3v) is 3.19. The molecule has 6 nitrogen and oxygen atoms in total. The summed E-state index contributed by atoms with van der Waals surface area (Å²) in [5.41, 5.74) is 2.37. The molecule has 3 rings (SSSR count). The fourth-order valence-corrected chi connectivity index (χ4v) is 2.34. The molecular formula is C14H18N4O2. The molecule has 0 aromatic carbocycles. The number of aromatic nitrogens is 3. The first-order valence-corrected chi connectivity index (χ1v) is 6.73. The van der Waals surface area contributed by atoms with Gasteiger partial charge in [-0.3, -0.25) is 0 Å². The summed E-state index contributed by atoms with van der Waals surface area (Å²) < 4.78 is 7.19. The van der Waals surface area contributed by atoms with Crippen LogP contribution in [0.25, 0.3) is 5.65 Å². The molecule has 3 heterocycles. The molecule has 20 heavy (non-hydrogen) atoms. The van der Waals surface area contributed by atoms with Crippen LogP contribution in [0.5, 0.6) is 0 Å². The first-order chi connectivity index (χ1) is 9.44. The van der Waals surface area contributed by atoms with Crippen molar-refractivity contribution in [3.63, 3.8) is 0 Å². The SMILES string of the molecule is CC(C)(C)OC(=O)N1CCc2nn3cccnc3c2C1. The van der Waals surface area contributed by atoms with Gasteiger partial charge >= 0.3 is 6.09 Å². The second kappa shape index (κ2) is 4.47. The zero-order chi connectivity index (χ0) is 14.3. The number of carbonyl (C=O) groups excluding carboxylic acids is 1. The Bertz CT molecular complexity index is 657. The van der Waals surface area contributed by atoms with Crippen molar-refractivity contribution in [1.82, 2.24) is 19.5 Å². The Morgan fingerprint density at radius 3 is 2.95 bits per heavy atom. The largest absolute Gasteiger partial charge is 0.444 e. The Labute approximate surface area is 117 Å². The van der Waals surface area contributed by atoms with Crippen LogP contribution < -0.4 is 0 Å². The number of amides is 1. The number of hydrogen-bond acceptors (Lipinski definition) is 4. The summed E-state index contributed by atoms with van der Waals surface area (Å²) in [4.78, 5) is 18.2. The zero-order valence-corrected chi connectivity index (χ0v) is 12.0. The minimum absolute atomic E-state index is 0.279. The molecule has 1 aliphatic heterocycles. The van der Waals surface area contributed by atoms with Gasteiger partial charge in [0.15, 0.2) is 5.65 Å². The van der Waals surface area contributed by atoms with Crippen LogP contribution in [0, 0.1) is 0 Å². The van der Waals surface area contributed by atoms with Gasteiger partial charge in [-0.2, -0.15) is 5.10 Å². The highest BCUT2D eigenvalue weighted by atomic mass is 16.6. The second-order valence-electron chi connectivity index (χ2n) is 5.97. The van der Waals surface area contributed by atoms with Gasteiger partial charge in [0.25, 0.3) is 0 Å². The number of hydrogen-bond donors (Lipinski definition) is 0. The van der Waals surface area contributed by atoms with E-state index < -0.39 is 5.60 Å². The summed E-state index contributed by atoms with van der Waals surface area (Å²) in [7, 11) is 0. The third-order valence-electron chi connectivity index (χ3n) is 3.19. The van der Waals surface area contributed by atoms with Crippen molar-refractivity contribution in [3.05, 3.63) is 29.7 Å². The second-order valence-corrected chi connectivity index (χ2v) is 5.97. The first-order valence-electron chi connectivity index (χ1n) is 6.73. The predicted molar refractivity (Wildman–Crippen MR) is 73.3 cm³/mol. The maximum Gasteiger partial charge on any atom is 0.410 e. The summed E-state index contributed by atoms with van der Waals surface area (Å²) in [5, 5.41) is 4.50. The van der Waals surface area contributed by atoms with Crippen molar-refractivity contribution in [3.8, 4) is 0 Å². The van der Waals surface area contributed by atoms with E-state index >= 15 is 0 Å². The van der Waals surface area contributed by atoms with E-state index in [9.17, 15) is 4.79 Å². The molecule has 0 aliphatic carbocycles. The lowest BCUT2D eigenvalue weighted by molar-refractivity contribution is 0.0224. The Balaban J connectivity index is 1.86. The normalized spacial score (nSPS) is 15.2. The number of ether oxygens (including phenoxy) is 1. The summed E-state index contributed by atoms with van der Waals surface area (Å²) in [6.45, 7) is 6.75. The maximum absolute atomic E-state index is 12.1. The van der Waals surface area contributed by atoms with E-state index in [0.717, 1.165) is 23.3 Å². The van der Waals surface area contributed by atoms with E-state index in [2.05, 4.69) is 10.1 Å². The third kappa shape index (κ3) is 2.33. The van der Waals surface area contributed by atoms with E-state index in [0.29, 0.717) is 13.1 Å². The number of fused-ring (bicyclic) bond motifs is 3. The van der Waals surface area contributed by atoms with E-state index in [1.807, 2.05) is 33.0 Å². The van der Waals surface area contributed by atoms with Crippen LogP contribution in [0.15, 0.2) is 18.5 Å². The van der Waals surface area contributed by atoms with Crippen LogP contribution in [0.3, 0.4) is 0 Å². The molecule has 1 amide bonds. The summed E-state index contributed by atoms with van der Waals surface area (Å²) in [6, 6.07) is 1.84. The van der Waals surface area contributed by atoms with Gasteiger partial charge in [-0.15, -0.1) is 0 Å². The molecule has 0 saturated carbocycles. The number of nitrogens with zero attached hydrogens (tertiary/aromatic N) is 4.